The molecule has 0 radical (unpaired) electrons. The van der Waals surface area contributed by atoms with E-state index >= 15 is 0 Å². The van der Waals surface area contributed by atoms with E-state index in [1.54, 1.807) is 6.92 Å². The van der Waals surface area contributed by atoms with Gasteiger partial charge >= 0.3 is 6.18 Å². The maximum atomic E-state index is 12.6. The van der Waals surface area contributed by atoms with E-state index < -0.39 is 17.8 Å². The second-order valence-electron chi connectivity index (χ2n) is 3.61. The summed E-state index contributed by atoms with van der Waals surface area (Å²) in [6.45, 7) is 1.60. The third-order valence-corrected chi connectivity index (χ3v) is 2.50. The number of nitrogens with two attached hydrogens (primary N) is 1. The highest BCUT2D eigenvalue weighted by Crippen LogP contribution is 2.32. The molecular weight excluding hydrogens is 292 g/mol. The largest absolute Gasteiger partial charge is 0.417 e. The van der Waals surface area contributed by atoms with Crippen LogP contribution in [-0.2, 0) is 6.18 Å². The predicted molar refractivity (Wildman–Crippen MR) is 62.8 cm³/mol. The van der Waals surface area contributed by atoms with Crippen molar-refractivity contribution in [2.45, 2.75) is 19.1 Å². The molecule has 0 amide bonds. The van der Waals surface area contributed by atoms with Crippen LogP contribution in [-0.4, -0.2) is 14.6 Å². The second kappa shape index (κ2) is 4.91. The minimum atomic E-state index is -4.47. The van der Waals surface area contributed by atoms with E-state index in [1.165, 1.54) is 0 Å². The minimum Gasteiger partial charge on any atom is -0.322 e. The summed E-state index contributed by atoms with van der Waals surface area (Å²) in [5.41, 5.74) is 4.88. The van der Waals surface area contributed by atoms with Crippen molar-refractivity contribution < 1.29 is 13.2 Å². The number of nitrogens with zero attached hydrogens (tertiary/aromatic N) is 3. The van der Waals surface area contributed by atoms with E-state index in [0.717, 1.165) is 16.7 Å². The molecule has 0 fully saturated rings. The molecule has 9 heteroatoms. The molecule has 0 aliphatic heterocycles. The van der Waals surface area contributed by atoms with Crippen LogP contribution in [0.1, 0.15) is 24.4 Å². The Kier molecular flexibility index (Phi) is 4.09. The van der Waals surface area contributed by atoms with Crippen LogP contribution in [0.4, 0.5) is 13.2 Å². The molecule has 0 saturated carbocycles. The monoisotopic (exact) mass is 300 g/mol. The van der Waals surface area contributed by atoms with Crippen LogP contribution in [0.25, 0.3) is 5.65 Å². The molecule has 0 aliphatic carbocycles. The third kappa shape index (κ3) is 2.52. The molecule has 100 valence electrons. The maximum Gasteiger partial charge on any atom is 0.417 e. The lowest BCUT2D eigenvalue weighted by atomic mass is 10.2. The standard InChI is InChI=1S/C9H8ClF3N4.ClH/c1-4(14)7-15-16-8-6(10)2-5(3-17(7)8)9(11,12)13;/h2-4H,14H2,1H3;1H/t4-;/m0./s1. The zero-order valence-corrected chi connectivity index (χ0v) is 10.6. The van der Waals surface area contributed by atoms with E-state index in [4.69, 9.17) is 17.3 Å². The first-order valence-corrected chi connectivity index (χ1v) is 5.05. The molecule has 0 spiro atoms. The fourth-order valence-corrected chi connectivity index (χ4v) is 1.68. The fourth-order valence-electron chi connectivity index (χ4n) is 1.44. The zero-order chi connectivity index (χ0) is 12.8. The third-order valence-electron chi connectivity index (χ3n) is 2.22. The van der Waals surface area contributed by atoms with Gasteiger partial charge in [-0.2, -0.15) is 13.2 Å². The molecule has 0 unspecified atom stereocenters. The number of hydrogen-bond donors (Lipinski definition) is 1. The normalized spacial score (nSPS) is 13.4. The lowest BCUT2D eigenvalue weighted by Gasteiger charge is -2.09. The van der Waals surface area contributed by atoms with Crippen molar-refractivity contribution in [1.82, 2.24) is 14.6 Å². The minimum absolute atomic E-state index is 0. The first-order valence-electron chi connectivity index (χ1n) is 4.67. The number of rotatable bonds is 1. The molecule has 0 bridgehead atoms. The highest BCUT2D eigenvalue weighted by atomic mass is 35.5. The first kappa shape index (κ1) is 15.0. The highest BCUT2D eigenvalue weighted by molar-refractivity contribution is 6.33. The van der Waals surface area contributed by atoms with Crippen LogP contribution in [0, 0.1) is 0 Å². The molecular formula is C9H9Cl2F3N4. The lowest BCUT2D eigenvalue weighted by molar-refractivity contribution is -0.137. The quantitative estimate of drug-likeness (QED) is 0.881. The average molecular weight is 301 g/mol. The van der Waals surface area contributed by atoms with Crippen LogP contribution >= 0.6 is 24.0 Å². The summed E-state index contributed by atoms with van der Waals surface area (Å²) in [5, 5.41) is 7.30. The maximum absolute atomic E-state index is 12.6. The summed E-state index contributed by atoms with van der Waals surface area (Å²) in [7, 11) is 0. The molecule has 2 rings (SSSR count). The van der Waals surface area contributed by atoms with Gasteiger partial charge in [0.15, 0.2) is 11.5 Å². The molecule has 2 N–H and O–H groups in total. The van der Waals surface area contributed by atoms with Gasteiger partial charge in [0.05, 0.1) is 16.6 Å². The average Bonchev–Trinajstić information content (AvgIpc) is 2.60. The highest BCUT2D eigenvalue weighted by Gasteiger charge is 2.32. The fraction of sp³-hybridized carbons (Fsp3) is 0.333. The Balaban J connectivity index is 0.00000162. The van der Waals surface area contributed by atoms with Crippen molar-refractivity contribution >= 4 is 29.7 Å². The van der Waals surface area contributed by atoms with Crippen LogP contribution < -0.4 is 5.73 Å². The molecule has 0 aromatic carbocycles. The smallest absolute Gasteiger partial charge is 0.322 e. The zero-order valence-electron chi connectivity index (χ0n) is 9.07. The molecule has 2 aromatic heterocycles. The van der Waals surface area contributed by atoms with Gasteiger partial charge in [-0.05, 0) is 13.0 Å². The van der Waals surface area contributed by atoms with Gasteiger partial charge in [-0.15, -0.1) is 22.6 Å². The first-order chi connectivity index (χ1) is 7.80. The second-order valence-corrected chi connectivity index (χ2v) is 4.02. The summed E-state index contributed by atoms with van der Waals surface area (Å²) < 4.78 is 38.9. The summed E-state index contributed by atoms with van der Waals surface area (Å²) in [5.74, 6) is 0.230. The Morgan fingerprint density at radius 1 is 1.39 bits per heavy atom. The van der Waals surface area contributed by atoms with Crippen molar-refractivity contribution in [1.29, 1.82) is 0 Å². The Hall–Kier alpha value is -1.05. The van der Waals surface area contributed by atoms with Gasteiger partial charge in [0.25, 0.3) is 0 Å². The number of aromatic nitrogens is 3. The van der Waals surface area contributed by atoms with Crippen molar-refractivity contribution in [3.8, 4) is 0 Å². The summed E-state index contributed by atoms with van der Waals surface area (Å²) in [6, 6.07) is 0.279. The van der Waals surface area contributed by atoms with Crippen LogP contribution in [0.5, 0.6) is 0 Å². The van der Waals surface area contributed by atoms with E-state index in [1.807, 2.05) is 0 Å². The van der Waals surface area contributed by atoms with Gasteiger partial charge < -0.3 is 5.73 Å². The molecule has 0 saturated heterocycles. The molecule has 2 heterocycles. The van der Waals surface area contributed by atoms with E-state index in [9.17, 15) is 13.2 Å². The van der Waals surface area contributed by atoms with Gasteiger partial charge in [-0.3, -0.25) is 4.40 Å². The Morgan fingerprint density at radius 2 is 2.00 bits per heavy atom. The molecule has 0 aliphatic rings. The van der Waals surface area contributed by atoms with Gasteiger partial charge in [0.1, 0.15) is 0 Å². The predicted octanol–water partition coefficient (Wildman–Crippen LogP) is 2.84. The van der Waals surface area contributed by atoms with Gasteiger partial charge in [-0.25, -0.2) is 0 Å². The van der Waals surface area contributed by atoms with Gasteiger partial charge in [0, 0.05) is 6.20 Å². The summed E-state index contributed by atoms with van der Waals surface area (Å²) in [6.07, 6.45) is -3.59. The molecule has 18 heavy (non-hydrogen) atoms. The van der Waals surface area contributed by atoms with Crippen molar-refractivity contribution in [2.24, 2.45) is 5.73 Å². The van der Waals surface area contributed by atoms with Crippen LogP contribution in [0.15, 0.2) is 12.3 Å². The topological polar surface area (TPSA) is 56.2 Å². The molecule has 2 aromatic rings. The Bertz CT molecular complexity index is 565. The molecule has 4 nitrogen and oxygen atoms in total. The van der Waals surface area contributed by atoms with E-state index in [0.29, 0.717) is 0 Å². The van der Waals surface area contributed by atoms with Crippen LogP contribution in [0.2, 0.25) is 5.02 Å². The number of pyridine rings is 1. The van der Waals surface area contributed by atoms with Gasteiger partial charge in [-0.1, -0.05) is 11.6 Å². The summed E-state index contributed by atoms with van der Waals surface area (Å²) in [4.78, 5) is 0. The number of fused-ring (bicyclic) bond motifs is 1. The summed E-state index contributed by atoms with van der Waals surface area (Å²) >= 11 is 5.72. The van der Waals surface area contributed by atoms with E-state index in [-0.39, 0.29) is 28.9 Å². The Morgan fingerprint density at radius 3 is 2.50 bits per heavy atom. The number of alkyl halides is 3. The van der Waals surface area contributed by atoms with Gasteiger partial charge in [0.2, 0.25) is 0 Å². The van der Waals surface area contributed by atoms with Crippen molar-refractivity contribution in [2.75, 3.05) is 0 Å². The number of hydrogen-bond acceptors (Lipinski definition) is 3. The Labute approximate surface area is 111 Å². The number of halogens is 5. The van der Waals surface area contributed by atoms with Crippen molar-refractivity contribution in [3.63, 3.8) is 0 Å². The SMILES string of the molecule is C[C@H](N)c1nnc2c(Cl)cc(C(F)(F)F)cn12.Cl. The lowest BCUT2D eigenvalue weighted by Crippen LogP contribution is -2.12. The van der Waals surface area contributed by atoms with Crippen molar-refractivity contribution in [3.05, 3.63) is 28.7 Å². The molecule has 1 atom stereocenters. The van der Waals surface area contributed by atoms with Crippen LogP contribution in [0.3, 0.4) is 0 Å². The van der Waals surface area contributed by atoms with E-state index in [2.05, 4.69) is 10.2 Å².